The van der Waals surface area contributed by atoms with E-state index < -0.39 is 5.97 Å². The molecule has 2 unspecified atom stereocenters. The second-order valence-electron chi connectivity index (χ2n) is 4.39. The van der Waals surface area contributed by atoms with Gasteiger partial charge in [0.25, 0.3) is 0 Å². The average Bonchev–Trinajstić information content (AvgIpc) is 2.28. The van der Waals surface area contributed by atoms with Crippen LogP contribution in [0, 0.1) is 5.92 Å². The van der Waals surface area contributed by atoms with Crippen molar-refractivity contribution in [3.05, 3.63) is 34.9 Å². The number of carbonyl (C=O) groups is 1. The minimum atomic E-state index is -0.788. The lowest BCUT2D eigenvalue weighted by Crippen LogP contribution is -2.19. The van der Waals surface area contributed by atoms with E-state index in [9.17, 15) is 4.79 Å². The second kappa shape index (κ2) is 6.62. The molecule has 2 atom stereocenters. The van der Waals surface area contributed by atoms with Gasteiger partial charge in [-0.05, 0) is 42.5 Å². The highest BCUT2D eigenvalue weighted by Gasteiger charge is 2.16. The molecule has 1 rings (SSSR count). The molecule has 17 heavy (non-hydrogen) atoms. The summed E-state index contributed by atoms with van der Waals surface area (Å²) in [7, 11) is 0. The van der Waals surface area contributed by atoms with Gasteiger partial charge in [-0.1, -0.05) is 30.7 Å². The molecule has 0 fully saturated rings. The summed E-state index contributed by atoms with van der Waals surface area (Å²) in [5.41, 5.74) is 6.75. The van der Waals surface area contributed by atoms with Crippen LogP contribution in [0.4, 0.5) is 0 Å². The third-order valence-corrected chi connectivity index (χ3v) is 3.17. The van der Waals surface area contributed by atoms with Crippen LogP contribution in [0.25, 0.3) is 0 Å². The van der Waals surface area contributed by atoms with Crippen LogP contribution in [-0.2, 0) is 4.79 Å². The van der Waals surface area contributed by atoms with Gasteiger partial charge in [0, 0.05) is 11.4 Å². The average molecular weight is 256 g/mol. The van der Waals surface area contributed by atoms with E-state index in [1.54, 1.807) is 0 Å². The van der Waals surface area contributed by atoms with Crippen LogP contribution in [0.15, 0.2) is 24.3 Å². The zero-order chi connectivity index (χ0) is 12.8. The smallest absolute Gasteiger partial charge is 0.303 e. The molecule has 1 aromatic rings. The van der Waals surface area contributed by atoms with Gasteiger partial charge in [0.2, 0.25) is 0 Å². The normalized spacial score (nSPS) is 14.3. The fraction of sp³-hybridized carbons (Fsp3) is 0.462. The van der Waals surface area contributed by atoms with Gasteiger partial charge >= 0.3 is 5.97 Å². The third-order valence-electron chi connectivity index (χ3n) is 2.92. The maximum absolute atomic E-state index is 10.7. The Morgan fingerprint density at radius 2 is 2.00 bits per heavy atom. The van der Waals surface area contributed by atoms with Crippen molar-refractivity contribution >= 4 is 17.6 Å². The summed E-state index contributed by atoms with van der Waals surface area (Å²) in [6.07, 6.45) is 0.916. The molecular formula is C13H18ClNO2. The Morgan fingerprint density at radius 1 is 1.41 bits per heavy atom. The highest BCUT2D eigenvalue weighted by molar-refractivity contribution is 6.30. The highest BCUT2D eigenvalue weighted by Crippen LogP contribution is 2.25. The van der Waals surface area contributed by atoms with E-state index in [2.05, 4.69) is 6.92 Å². The molecule has 0 saturated carbocycles. The van der Waals surface area contributed by atoms with Crippen molar-refractivity contribution in [2.24, 2.45) is 11.7 Å². The summed E-state index contributed by atoms with van der Waals surface area (Å²) in [6, 6.07) is 7.65. The van der Waals surface area contributed by atoms with E-state index in [1.165, 1.54) is 5.56 Å². The van der Waals surface area contributed by atoms with Crippen molar-refractivity contribution in [3.63, 3.8) is 0 Å². The van der Waals surface area contributed by atoms with Crippen LogP contribution in [0.2, 0.25) is 5.02 Å². The van der Waals surface area contributed by atoms with Crippen molar-refractivity contribution in [1.29, 1.82) is 0 Å². The first-order valence-corrected chi connectivity index (χ1v) is 6.08. The Labute approximate surface area is 107 Å². The van der Waals surface area contributed by atoms with Crippen molar-refractivity contribution in [2.45, 2.75) is 25.7 Å². The van der Waals surface area contributed by atoms with Gasteiger partial charge in [-0.3, -0.25) is 4.79 Å². The summed E-state index contributed by atoms with van der Waals surface area (Å²) in [5.74, 6) is -0.470. The van der Waals surface area contributed by atoms with E-state index in [-0.39, 0.29) is 12.3 Å². The monoisotopic (exact) mass is 255 g/mol. The Bertz CT molecular complexity index is 364. The summed E-state index contributed by atoms with van der Waals surface area (Å²) in [4.78, 5) is 10.7. The molecule has 0 heterocycles. The summed E-state index contributed by atoms with van der Waals surface area (Å²) < 4.78 is 0. The Kier molecular flexibility index (Phi) is 5.45. The fourth-order valence-corrected chi connectivity index (χ4v) is 2.06. The molecule has 0 aliphatic carbocycles. The van der Waals surface area contributed by atoms with Gasteiger partial charge < -0.3 is 10.8 Å². The molecule has 0 aliphatic rings. The lowest BCUT2D eigenvalue weighted by Gasteiger charge is -2.18. The maximum atomic E-state index is 10.7. The van der Waals surface area contributed by atoms with E-state index >= 15 is 0 Å². The fourth-order valence-electron chi connectivity index (χ4n) is 1.94. The molecule has 3 nitrogen and oxygen atoms in total. The maximum Gasteiger partial charge on any atom is 0.303 e. The van der Waals surface area contributed by atoms with Crippen LogP contribution in [0.3, 0.4) is 0 Å². The highest BCUT2D eigenvalue weighted by atomic mass is 35.5. The Balaban J connectivity index is 2.60. The van der Waals surface area contributed by atoms with Crippen molar-refractivity contribution in [2.75, 3.05) is 6.54 Å². The first kappa shape index (κ1) is 14.0. The molecule has 1 aromatic carbocycles. The second-order valence-corrected chi connectivity index (χ2v) is 4.82. The number of carboxylic acids is 1. The van der Waals surface area contributed by atoms with Gasteiger partial charge in [-0.2, -0.15) is 0 Å². The number of hydrogen-bond donors (Lipinski definition) is 2. The largest absolute Gasteiger partial charge is 0.481 e. The van der Waals surface area contributed by atoms with Crippen LogP contribution < -0.4 is 5.73 Å². The quantitative estimate of drug-likeness (QED) is 0.822. The van der Waals surface area contributed by atoms with E-state index in [0.717, 1.165) is 6.42 Å². The predicted molar refractivity (Wildman–Crippen MR) is 69.3 cm³/mol. The first-order valence-electron chi connectivity index (χ1n) is 5.70. The number of halogens is 1. The number of hydrogen-bond acceptors (Lipinski definition) is 2. The lowest BCUT2D eigenvalue weighted by atomic mass is 9.88. The van der Waals surface area contributed by atoms with Gasteiger partial charge in [0.05, 0.1) is 0 Å². The number of rotatable bonds is 6. The van der Waals surface area contributed by atoms with Gasteiger partial charge in [-0.25, -0.2) is 0 Å². The molecule has 0 aliphatic heterocycles. The topological polar surface area (TPSA) is 63.3 Å². The molecule has 0 aromatic heterocycles. The van der Waals surface area contributed by atoms with Gasteiger partial charge in [0.1, 0.15) is 0 Å². The van der Waals surface area contributed by atoms with Crippen LogP contribution in [0.1, 0.15) is 31.2 Å². The molecule has 0 saturated heterocycles. The number of aliphatic carboxylic acids is 1. The minimum Gasteiger partial charge on any atom is -0.481 e. The molecule has 0 spiro atoms. The predicted octanol–water partition coefficient (Wildman–Crippen LogP) is 2.88. The first-order chi connectivity index (χ1) is 8.02. The zero-order valence-electron chi connectivity index (χ0n) is 9.90. The number of benzene rings is 1. The van der Waals surface area contributed by atoms with Crippen molar-refractivity contribution in [1.82, 2.24) is 0 Å². The van der Waals surface area contributed by atoms with E-state index in [1.807, 2.05) is 24.3 Å². The molecule has 0 bridgehead atoms. The van der Waals surface area contributed by atoms with Crippen LogP contribution >= 0.6 is 11.6 Å². The standard InChI is InChI=1S/C13H18ClNO2/c1-9(6-10(8-15)7-13(16)17)11-2-4-12(14)5-3-11/h2-5,9-10H,6-8,15H2,1H3,(H,16,17). The molecule has 94 valence electrons. The Morgan fingerprint density at radius 3 is 2.47 bits per heavy atom. The Hall–Kier alpha value is -1.06. The summed E-state index contributed by atoms with van der Waals surface area (Å²) in [5, 5.41) is 9.47. The number of nitrogens with two attached hydrogens (primary N) is 1. The van der Waals surface area contributed by atoms with Crippen LogP contribution in [0.5, 0.6) is 0 Å². The van der Waals surface area contributed by atoms with Crippen molar-refractivity contribution < 1.29 is 9.90 Å². The molecule has 4 heteroatoms. The van der Waals surface area contributed by atoms with E-state index in [4.69, 9.17) is 22.4 Å². The summed E-state index contributed by atoms with van der Waals surface area (Å²) >= 11 is 5.82. The van der Waals surface area contributed by atoms with Gasteiger partial charge in [0.15, 0.2) is 0 Å². The molecule has 3 N–H and O–H groups in total. The minimum absolute atomic E-state index is 0.0261. The molecule has 0 amide bonds. The summed E-state index contributed by atoms with van der Waals surface area (Å²) in [6.45, 7) is 2.48. The molecular weight excluding hydrogens is 238 g/mol. The molecule has 0 radical (unpaired) electrons. The zero-order valence-corrected chi connectivity index (χ0v) is 10.7. The lowest BCUT2D eigenvalue weighted by molar-refractivity contribution is -0.138. The third kappa shape index (κ3) is 4.75. The van der Waals surface area contributed by atoms with Gasteiger partial charge in [-0.15, -0.1) is 0 Å². The SMILES string of the molecule is CC(CC(CN)CC(=O)O)c1ccc(Cl)cc1. The number of carboxylic acid groups (broad SMARTS) is 1. The van der Waals surface area contributed by atoms with Crippen molar-refractivity contribution in [3.8, 4) is 0 Å². The van der Waals surface area contributed by atoms with E-state index in [0.29, 0.717) is 17.5 Å². The van der Waals surface area contributed by atoms with Crippen LogP contribution in [-0.4, -0.2) is 17.6 Å².